The predicted octanol–water partition coefficient (Wildman–Crippen LogP) is -0.790. The highest BCUT2D eigenvalue weighted by atomic mass is 32.2. The van der Waals surface area contributed by atoms with Crippen LogP contribution in [0.5, 0.6) is 0 Å². The lowest BCUT2D eigenvalue weighted by atomic mass is 10.3. The lowest BCUT2D eigenvalue weighted by molar-refractivity contribution is 0.562. The van der Waals surface area contributed by atoms with Crippen molar-refractivity contribution in [3.05, 3.63) is 18.0 Å². The molecule has 1 aliphatic heterocycles. The predicted molar refractivity (Wildman–Crippen MR) is 75.6 cm³/mol. The van der Waals surface area contributed by atoms with E-state index in [1.165, 1.54) is 6.20 Å². The molecule has 0 aliphatic carbocycles. The Balaban J connectivity index is 2.17. The second-order valence-corrected chi connectivity index (χ2v) is 8.97. The third-order valence-electron chi connectivity index (χ3n) is 3.31. The van der Waals surface area contributed by atoms with Crippen LogP contribution in [0.4, 0.5) is 0 Å². The van der Waals surface area contributed by atoms with Gasteiger partial charge in [0.2, 0.25) is 10.0 Å². The Bertz CT molecular complexity index is 691. The molecule has 0 radical (unpaired) electrons. The van der Waals surface area contributed by atoms with Gasteiger partial charge in [-0.15, -0.1) is 0 Å². The molecule has 1 fully saturated rings. The van der Waals surface area contributed by atoms with Crippen molar-refractivity contribution in [1.29, 1.82) is 0 Å². The first-order chi connectivity index (χ1) is 9.23. The zero-order valence-corrected chi connectivity index (χ0v) is 13.1. The maximum absolute atomic E-state index is 12.2. The quantitative estimate of drug-likeness (QED) is 0.741. The zero-order chi connectivity index (χ0) is 15.0. The largest absolute Gasteiger partial charge is 0.352 e. The van der Waals surface area contributed by atoms with Gasteiger partial charge in [0.15, 0.2) is 9.84 Å². The smallest absolute Gasteiger partial charge is 0.242 e. The number of rotatable bonds is 5. The molecule has 2 N–H and O–H groups in total. The van der Waals surface area contributed by atoms with Crippen molar-refractivity contribution in [3.63, 3.8) is 0 Å². The van der Waals surface area contributed by atoms with Crippen molar-refractivity contribution >= 4 is 19.9 Å². The Morgan fingerprint density at radius 2 is 2.15 bits per heavy atom. The average molecular weight is 321 g/mol. The van der Waals surface area contributed by atoms with E-state index in [1.807, 2.05) is 0 Å². The number of hydrogen-bond donors (Lipinski definition) is 2. The minimum Gasteiger partial charge on any atom is -0.352 e. The van der Waals surface area contributed by atoms with Crippen LogP contribution in [-0.4, -0.2) is 46.0 Å². The van der Waals surface area contributed by atoms with Gasteiger partial charge in [0.05, 0.1) is 16.4 Å². The summed E-state index contributed by atoms with van der Waals surface area (Å²) in [5.74, 6) is -0.0809. The van der Waals surface area contributed by atoms with E-state index in [-0.39, 0.29) is 16.4 Å². The van der Waals surface area contributed by atoms with Crippen LogP contribution >= 0.6 is 0 Å². The topological polar surface area (TPSA) is 97.3 Å². The van der Waals surface area contributed by atoms with Crippen LogP contribution < -0.4 is 10.0 Å². The summed E-state index contributed by atoms with van der Waals surface area (Å²) in [5.41, 5.74) is 0.840. The molecule has 1 unspecified atom stereocenters. The fourth-order valence-corrected chi connectivity index (χ4v) is 5.40. The van der Waals surface area contributed by atoms with Gasteiger partial charge in [0.25, 0.3) is 0 Å². The van der Waals surface area contributed by atoms with Crippen LogP contribution in [0.3, 0.4) is 0 Å². The Kier molecular flexibility index (Phi) is 4.24. The van der Waals surface area contributed by atoms with E-state index in [9.17, 15) is 16.8 Å². The van der Waals surface area contributed by atoms with Crippen LogP contribution in [0.15, 0.2) is 17.2 Å². The maximum atomic E-state index is 12.2. The van der Waals surface area contributed by atoms with Gasteiger partial charge in [-0.1, -0.05) is 0 Å². The molecule has 1 aliphatic rings. The van der Waals surface area contributed by atoms with Crippen LogP contribution in [-0.2, 0) is 33.5 Å². The second kappa shape index (κ2) is 5.47. The van der Waals surface area contributed by atoms with Crippen molar-refractivity contribution in [2.24, 2.45) is 7.05 Å². The Hall–Kier alpha value is -0.900. The second-order valence-electron chi connectivity index (χ2n) is 5.03. The van der Waals surface area contributed by atoms with Gasteiger partial charge in [0, 0.05) is 31.5 Å². The molecule has 2 rings (SSSR count). The van der Waals surface area contributed by atoms with Crippen LogP contribution in [0.1, 0.15) is 12.1 Å². The SMILES string of the molecule is CNCc1cc(S(=O)(=O)NC2CCS(=O)(=O)C2)cn1C. The molecule has 1 aromatic heterocycles. The molecular formula is C11H19N3O4S2. The molecule has 0 amide bonds. The highest BCUT2D eigenvalue weighted by Gasteiger charge is 2.31. The molecule has 9 heteroatoms. The third-order valence-corrected chi connectivity index (χ3v) is 6.56. The van der Waals surface area contributed by atoms with Crippen molar-refractivity contribution in [2.45, 2.75) is 23.9 Å². The fraction of sp³-hybridized carbons (Fsp3) is 0.636. The number of aryl methyl sites for hydroxylation is 1. The van der Waals surface area contributed by atoms with E-state index in [0.29, 0.717) is 13.0 Å². The first kappa shape index (κ1) is 15.5. The molecule has 7 nitrogen and oxygen atoms in total. The number of nitrogens with one attached hydrogen (secondary N) is 2. The summed E-state index contributed by atoms with van der Waals surface area (Å²) in [6.45, 7) is 0.559. The first-order valence-electron chi connectivity index (χ1n) is 6.26. The summed E-state index contributed by atoms with van der Waals surface area (Å²) in [6.07, 6.45) is 1.86. The van der Waals surface area contributed by atoms with Crippen LogP contribution in [0, 0.1) is 0 Å². The van der Waals surface area contributed by atoms with E-state index in [0.717, 1.165) is 5.69 Å². The molecular weight excluding hydrogens is 302 g/mol. The molecule has 1 aromatic rings. The summed E-state index contributed by atoms with van der Waals surface area (Å²) in [7, 11) is -3.23. The fourth-order valence-electron chi connectivity index (χ4n) is 2.26. The summed E-state index contributed by atoms with van der Waals surface area (Å²) < 4.78 is 51.4. The van der Waals surface area contributed by atoms with E-state index in [4.69, 9.17) is 0 Å². The van der Waals surface area contributed by atoms with E-state index in [2.05, 4.69) is 10.0 Å². The standard InChI is InChI=1S/C11H19N3O4S2/c1-12-6-10-5-11(7-14(10)2)20(17,18)13-9-3-4-19(15,16)8-9/h5,7,9,12-13H,3-4,6,8H2,1-2H3. The molecule has 0 aromatic carbocycles. The first-order valence-corrected chi connectivity index (χ1v) is 9.56. The monoisotopic (exact) mass is 321 g/mol. The highest BCUT2D eigenvalue weighted by molar-refractivity contribution is 7.92. The lowest BCUT2D eigenvalue weighted by Gasteiger charge is -2.10. The van der Waals surface area contributed by atoms with E-state index < -0.39 is 25.9 Å². The molecule has 2 heterocycles. The van der Waals surface area contributed by atoms with Crippen molar-refractivity contribution in [1.82, 2.24) is 14.6 Å². The molecule has 114 valence electrons. The number of hydrogen-bond acceptors (Lipinski definition) is 5. The van der Waals surface area contributed by atoms with Gasteiger partial charge in [-0.3, -0.25) is 0 Å². The van der Waals surface area contributed by atoms with Crippen molar-refractivity contribution in [2.75, 3.05) is 18.6 Å². The lowest BCUT2D eigenvalue weighted by Crippen LogP contribution is -2.35. The van der Waals surface area contributed by atoms with E-state index in [1.54, 1.807) is 24.7 Å². The van der Waals surface area contributed by atoms with E-state index >= 15 is 0 Å². The molecule has 1 atom stereocenters. The average Bonchev–Trinajstić information content (AvgIpc) is 2.83. The maximum Gasteiger partial charge on any atom is 0.242 e. The van der Waals surface area contributed by atoms with Crippen LogP contribution in [0.2, 0.25) is 0 Å². The minimum atomic E-state index is -3.68. The van der Waals surface area contributed by atoms with Crippen molar-refractivity contribution in [3.8, 4) is 0 Å². The number of aromatic nitrogens is 1. The third kappa shape index (κ3) is 3.40. The number of sulfone groups is 1. The Morgan fingerprint density at radius 1 is 1.45 bits per heavy atom. The molecule has 0 spiro atoms. The summed E-state index contributed by atoms with van der Waals surface area (Å²) >= 11 is 0. The molecule has 1 saturated heterocycles. The van der Waals surface area contributed by atoms with Gasteiger partial charge in [-0.2, -0.15) is 0 Å². The van der Waals surface area contributed by atoms with Crippen molar-refractivity contribution < 1.29 is 16.8 Å². The minimum absolute atomic E-state index is 0.0416. The number of nitrogens with zero attached hydrogens (tertiary/aromatic N) is 1. The van der Waals surface area contributed by atoms with Gasteiger partial charge in [0.1, 0.15) is 0 Å². The van der Waals surface area contributed by atoms with Crippen LogP contribution in [0.25, 0.3) is 0 Å². The summed E-state index contributed by atoms with van der Waals surface area (Å²) in [5, 5.41) is 2.96. The highest BCUT2D eigenvalue weighted by Crippen LogP contribution is 2.17. The normalized spacial score (nSPS) is 22.2. The van der Waals surface area contributed by atoms with Gasteiger partial charge in [-0.25, -0.2) is 21.6 Å². The molecule has 0 saturated carbocycles. The molecule has 20 heavy (non-hydrogen) atoms. The molecule has 0 bridgehead atoms. The zero-order valence-electron chi connectivity index (χ0n) is 11.5. The summed E-state index contributed by atoms with van der Waals surface area (Å²) in [6, 6.07) is 1.06. The number of sulfonamides is 1. The van der Waals surface area contributed by atoms with Gasteiger partial charge in [-0.05, 0) is 19.5 Å². The summed E-state index contributed by atoms with van der Waals surface area (Å²) in [4.78, 5) is 0.162. The Labute approximate surface area is 119 Å². The Morgan fingerprint density at radius 3 is 2.70 bits per heavy atom. The van der Waals surface area contributed by atoms with Gasteiger partial charge >= 0.3 is 0 Å². The van der Waals surface area contributed by atoms with Gasteiger partial charge < -0.3 is 9.88 Å².